The van der Waals surface area contributed by atoms with Crippen LogP contribution in [0.5, 0.6) is 0 Å². The summed E-state index contributed by atoms with van der Waals surface area (Å²) in [6.07, 6.45) is 0.451. The predicted molar refractivity (Wildman–Crippen MR) is 81.9 cm³/mol. The third kappa shape index (κ3) is 8.10. The number of hydrogen-bond donors (Lipinski definition) is 1. The fourth-order valence-electron chi connectivity index (χ4n) is 1.72. The van der Waals surface area contributed by atoms with Crippen molar-refractivity contribution in [3.8, 4) is 0 Å². The molecule has 0 heterocycles. The van der Waals surface area contributed by atoms with E-state index in [2.05, 4.69) is 5.32 Å². The first-order valence-corrected chi connectivity index (χ1v) is 7.14. The number of amides is 1. The average Bonchev–Trinajstić information content (AvgIpc) is 2.26. The van der Waals surface area contributed by atoms with Gasteiger partial charge in [-0.2, -0.15) is 0 Å². The molecular formula is C14H28NO3P. The smallest absolute Gasteiger partial charge is 0.226 e. The summed E-state index contributed by atoms with van der Waals surface area (Å²) in [4.78, 5) is 34.1. The van der Waals surface area contributed by atoms with Gasteiger partial charge in [-0.25, -0.2) is 0 Å². The maximum Gasteiger partial charge on any atom is 0.226 e. The van der Waals surface area contributed by atoms with Gasteiger partial charge < -0.3 is 5.32 Å². The van der Waals surface area contributed by atoms with E-state index in [1.54, 1.807) is 13.8 Å². The van der Waals surface area contributed by atoms with Crippen molar-refractivity contribution in [3.05, 3.63) is 0 Å². The lowest BCUT2D eigenvalue weighted by Gasteiger charge is -2.32. The van der Waals surface area contributed by atoms with E-state index in [4.69, 9.17) is 0 Å². The monoisotopic (exact) mass is 289 g/mol. The summed E-state index contributed by atoms with van der Waals surface area (Å²) in [6, 6.07) is 0. The molecule has 4 nitrogen and oxygen atoms in total. The molecule has 0 radical (unpaired) electrons. The minimum atomic E-state index is -0.671. The number of carbonyl (C=O) groups is 3. The molecule has 0 aliphatic heterocycles. The minimum absolute atomic E-state index is 0.00737. The summed E-state index contributed by atoms with van der Waals surface area (Å²) in [5.41, 5.74) is -1.37. The number of ketones is 1. The molecule has 0 aliphatic carbocycles. The van der Waals surface area contributed by atoms with Gasteiger partial charge in [0.2, 0.25) is 5.91 Å². The molecule has 1 amide bonds. The molecule has 0 fully saturated rings. The molecule has 0 aromatic heterocycles. The van der Waals surface area contributed by atoms with E-state index in [0.717, 1.165) is 0 Å². The standard InChI is InChI=1S/C12H22NO3P.C2H6/c1-8(14)11(2,3)7-12(4,5)10(16)13-6-9(15)17;1-2/h6-7,17H2,1-5H3,(H,13,16);1-2H3. The fraction of sp³-hybridized carbons (Fsp3) is 0.786. The van der Waals surface area contributed by atoms with Gasteiger partial charge in [-0.3, -0.25) is 14.4 Å². The summed E-state index contributed by atoms with van der Waals surface area (Å²) in [7, 11) is 2.01. The maximum atomic E-state index is 11.9. The van der Waals surface area contributed by atoms with Gasteiger partial charge in [-0.05, 0) is 13.3 Å². The fourth-order valence-corrected chi connectivity index (χ4v) is 1.82. The first-order valence-electron chi connectivity index (χ1n) is 6.57. The molecule has 0 bridgehead atoms. The molecule has 0 saturated heterocycles. The van der Waals surface area contributed by atoms with E-state index < -0.39 is 10.8 Å². The summed E-state index contributed by atoms with van der Waals surface area (Å²) in [5, 5.41) is 2.56. The van der Waals surface area contributed by atoms with Gasteiger partial charge in [0, 0.05) is 10.8 Å². The van der Waals surface area contributed by atoms with Crippen LogP contribution in [0.1, 0.15) is 54.9 Å². The third-order valence-corrected chi connectivity index (χ3v) is 3.08. The number of nitrogens with one attached hydrogen (secondary N) is 1. The van der Waals surface area contributed by atoms with E-state index in [-0.39, 0.29) is 23.8 Å². The molecule has 0 spiro atoms. The molecular weight excluding hydrogens is 261 g/mol. The van der Waals surface area contributed by atoms with Crippen LogP contribution < -0.4 is 5.32 Å². The van der Waals surface area contributed by atoms with Crippen LogP contribution in [0.2, 0.25) is 0 Å². The molecule has 112 valence electrons. The number of rotatable bonds is 6. The van der Waals surface area contributed by atoms with E-state index in [0.29, 0.717) is 6.42 Å². The van der Waals surface area contributed by atoms with Crippen molar-refractivity contribution in [2.75, 3.05) is 6.54 Å². The van der Waals surface area contributed by atoms with Crippen LogP contribution in [0.3, 0.4) is 0 Å². The molecule has 19 heavy (non-hydrogen) atoms. The van der Waals surface area contributed by atoms with Crippen LogP contribution in [0.15, 0.2) is 0 Å². The zero-order valence-corrected chi connectivity index (χ0v) is 14.4. The van der Waals surface area contributed by atoms with Crippen molar-refractivity contribution in [1.82, 2.24) is 5.32 Å². The van der Waals surface area contributed by atoms with E-state index in [9.17, 15) is 14.4 Å². The Labute approximate surface area is 119 Å². The molecule has 1 atom stereocenters. The van der Waals surface area contributed by atoms with Crippen molar-refractivity contribution < 1.29 is 14.4 Å². The van der Waals surface area contributed by atoms with Gasteiger partial charge in [0.1, 0.15) is 5.78 Å². The summed E-state index contributed by atoms with van der Waals surface area (Å²) in [6.45, 7) is 12.7. The first-order chi connectivity index (χ1) is 8.49. The van der Waals surface area contributed by atoms with E-state index >= 15 is 0 Å². The van der Waals surface area contributed by atoms with Gasteiger partial charge in [0.15, 0.2) is 5.52 Å². The van der Waals surface area contributed by atoms with Crippen LogP contribution in [-0.2, 0) is 14.4 Å². The van der Waals surface area contributed by atoms with Crippen LogP contribution in [0.4, 0.5) is 0 Å². The van der Waals surface area contributed by atoms with Crippen molar-refractivity contribution in [2.45, 2.75) is 54.9 Å². The zero-order chi connectivity index (χ0) is 15.9. The summed E-state index contributed by atoms with van der Waals surface area (Å²) in [5.74, 6) is -0.150. The van der Waals surface area contributed by atoms with Gasteiger partial charge in [-0.1, -0.05) is 50.8 Å². The Hall–Kier alpha value is -0.760. The molecule has 0 rings (SSSR count). The topological polar surface area (TPSA) is 63.2 Å². The van der Waals surface area contributed by atoms with E-state index in [1.807, 2.05) is 36.9 Å². The number of Topliss-reactive ketones (excluding diaryl/α,β-unsaturated/α-hetero) is 1. The lowest BCUT2D eigenvalue weighted by molar-refractivity contribution is -0.134. The highest BCUT2D eigenvalue weighted by Gasteiger charge is 2.37. The van der Waals surface area contributed by atoms with Crippen LogP contribution in [-0.4, -0.2) is 23.8 Å². The molecule has 0 aromatic carbocycles. The third-order valence-electron chi connectivity index (χ3n) is 2.87. The Morgan fingerprint density at radius 2 is 1.42 bits per heavy atom. The van der Waals surface area contributed by atoms with Crippen LogP contribution >= 0.6 is 9.24 Å². The highest BCUT2D eigenvalue weighted by molar-refractivity contribution is 7.40. The highest BCUT2D eigenvalue weighted by Crippen LogP contribution is 2.34. The van der Waals surface area contributed by atoms with Gasteiger partial charge >= 0.3 is 0 Å². The maximum absolute atomic E-state index is 11.9. The lowest BCUT2D eigenvalue weighted by atomic mass is 9.72. The SMILES string of the molecule is CC.CC(=O)C(C)(C)CC(C)(C)C(=O)NCC(=O)P. The Balaban J connectivity index is 0. The second-order valence-electron chi connectivity index (χ2n) is 5.65. The van der Waals surface area contributed by atoms with Crippen molar-refractivity contribution in [3.63, 3.8) is 0 Å². The molecule has 5 heteroatoms. The van der Waals surface area contributed by atoms with Gasteiger partial charge in [-0.15, -0.1) is 0 Å². The normalized spacial score (nSPS) is 11.2. The minimum Gasteiger partial charge on any atom is -0.348 e. The Bertz CT molecular complexity index is 336. The molecule has 0 saturated carbocycles. The Morgan fingerprint density at radius 1 is 1.00 bits per heavy atom. The van der Waals surface area contributed by atoms with Crippen LogP contribution in [0.25, 0.3) is 0 Å². The van der Waals surface area contributed by atoms with E-state index in [1.165, 1.54) is 6.92 Å². The molecule has 0 aliphatic rings. The lowest BCUT2D eigenvalue weighted by Crippen LogP contribution is -2.42. The largest absolute Gasteiger partial charge is 0.348 e. The predicted octanol–water partition coefficient (Wildman–Crippen LogP) is 2.56. The average molecular weight is 289 g/mol. The zero-order valence-electron chi connectivity index (χ0n) is 13.2. The molecule has 0 aromatic rings. The second-order valence-corrected chi connectivity index (χ2v) is 6.29. The quantitative estimate of drug-likeness (QED) is 0.764. The Kier molecular flexibility index (Phi) is 9.11. The molecule has 1 N–H and O–H groups in total. The Morgan fingerprint density at radius 3 is 1.74 bits per heavy atom. The van der Waals surface area contributed by atoms with Gasteiger partial charge in [0.25, 0.3) is 0 Å². The second kappa shape index (κ2) is 8.42. The first kappa shape index (κ1) is 20.6. The number of hydrogen-bond acceptors (Lipinski definition) is 3. The molecule has 1 unspecified atom stereocenters. The number of carbonyl (C=O) groups excluding carboxylic acids is 3. The summed E-state index contributed by atoms with van der Waals surface area (Å²) >= 11 is 0. The van der Waals surface area contributed by atoms with Crippen LogP contribution in [0, 0.1) is 10.8 Å². The summed E-state index contributed by atoms with van der Waals surface area (Å²) < 4.78 is 0. The van der Waals surface area contributed by atoms with Crippen molar-refractivity contribution >= 4 is 26.5 Å². The highest BCUT2D eigenvalue weighted by atomic mass is 31.0. The van der Waals surface area contributed by atoms with Crippen molar-refractivity contribution in [1.29, 1.82) is 0 Å². The van der Waals surface area contributed by atoms with Crippen molar-refractivity contribution in [2.24, 2.45) is 10.8 Å². The van der Waals surface area contributed by atoms with Gasteiger partial charge in [0.05, 0.1) is 6.54 Å².